The van der Waals surface area contributed by atoms with Crippen LogP contribution in [0.2, 0.25) is 0 Å². The summed E-state index contributed by atoms with van der Waals surface area (Å²) in [5.41, 5.74) is 1.02. The van der Waals surface area contributed by atoms with Gasteiger partial charge in [0.15, 0.2) is 0 Å². The molecular weight excluding hydrogens is 358 g/mol. The zero-order valence-corrected chi connectivity index (χ0v) is 17.0. The number of carbonyl (C=O) groups is 3. The molecule has 3 N–H and O–H groups in total. The lowest BCUT2D eigenvalue weighted by atomic mass is 10.1. The van der Waals surface area contributed by atoms with Crippen LogP contribution in [0.15, 0.2) is 24.3 Å². The van der Waals surface area contributed by atoms with Crippen LogP contribution < -0.4 is 16.0 Å². The molecule has 0 radical (unpaired) electrons. The molecule has 1 saturated carbocycles. The fourth-order valence-corrected chi connectivity index (χ4v) is 3.10. The summed E-state index contributed by atoms with van der Waals surface area (Å²) < 4.78 is 5.12. The van der Waals surface area contributed by atoms with Crippen molar-refractivity contribution in [3.63, 3.8) is 0 Å². The normalized spacial score (nSPS) is 14.4. The summed E-state index contributed by atoms with van der Waals surface area (Å²) >= 11 is 0. The Kier molecular flexibility index (Phi) is 7.84. The highest BCUT2D eigenvalue weighted by molar-refractivity contribution is 5.91. The molecule has 1 aliphatic rings. The first kappa shape index (κ1) is 21.7. The third-order valence-electron chi connectivity index (χ3n) is 4.42. The van der Waals surface area contributed by atoms with Gasteiger partial charge in [0.25, 0.3) is 0 Å². The first-order chi connectivity index (χ1) is 13.2. The Bertz CT molecular complexity index is 691. The molecule has 0 spiro atoms. The number of hydrogen-bond donors (Lipinski definition) is 3. The van der Waals surface area contributed by atoms with Crippen LogP contribution in [0, 0.1) is 5.92 Å². The number of anilines is 1. The van der Waals surface area contributed by atoms with E-state index < -0.39 is 11.7 Å². The van der Waals surface area contributed by atoms with Crippen molar-refractivity contribution in [3.8, 4) is 0 Å². The van der Waals surface area contributed by atoms with E-state index >= 15 is 0 Å². The van der Waals surface area contributed by atoms with E-state index in [0.29, 0.717) is 12.2 Å². The minimum Gasteiger partial charge on any atom is -0.444 e. The van der Waals surface area contributed by atoms with E-state index in [1.54, 1.807) is 26.8 Å². The zero-order chi connectivity index (χ0) is 20.6. The average Bonchev–Trinajstić information content (AvgIpc) is 3.13. The van der Waals surface area contributed by atoms with Crippen LogP contribution in [0.5, 0.6) is 0 Å². The summed E-state index contributed by atoms with van der Waals surface area (Å²) in [7, 11) is 0. The molecule has 0 atom stereocenters. The molecule has 0 heterocycles. The van der Waals surface area contributed by atoms with E-state index in [1.165, 1.54) is 0 Å². The number of nitrogens with one attached hydrogen (secondary N) is 3. The van der Waals surface area contributed by atoms with E-state index in [2.05, 4.69) is 16.0 Å². The van der Waals surface area contributed by atoms with Gasteiger partial charge in [0, 0.05) is 31.1 Å². The van der Waals surface area contributed by atoms with Gasteiger partial charge < -0.3 is 20.7 Å². The van der Waals surface area contributed by atoms with Gasteiger partial charge in [0.05, 0.1) is 0 Å². The molecule has 1 aromatic rings. The molecule has 0 unspecified atom stereocenters. The second-order valence-electron chi connectivity index (χ2n) is 8.13. The van der Waals surface area contributed by atoms with Crippen molar-refractivity contribution in [2.75, 3.05) is 11.9 Å². The van der Waals surface area contributed by atoms with Crippen molar-refractivity contribution < 1.29 is 19.1 Å². The Morgan fingerprint density at radius 2 is 1.82 bits per heavy atom. The van der Waals surface area contributed by atoms with Gasteiger partial charge in [0.2, 0.25) is 11.8 Å². The topological polar surface area (TPSA) is 96.5 Å². The highest BCUT2D eigenvalue weighted by Crippen LogP contribution is 2.24. The number of hydrogen-bond acceptors (Lipinski definition) is 4. The lowest BCUT2D eigenvalue weighted by Gasteiger charge is -2.19. The van der Waals surface area contributed by atoms with Crippen LogP contribution in [0.4, 0.5) is 10.5 Å². The molecule has 3 amide bonds. The summed E-state index contributed by atoms with van der Waals surface area (Å²) in [6, 6.07) is 7.38. The zero-order valence-electron chi connectivity index (χ0n) is 17.0. The summed E-state index contributed by atoms with van der Waals surface area (Å²) in [5, 5.41) is 8.33. The van der Waals surface area contributed by atoms with Gasteiger partial charge in [-0.2, -0.15) is 0 Å². The van der Waals surface area contributed by atoms with Crippen LogP contribution in [0.3, 0.4) is 0 Å². The van der Waals surface area contributed by atoms with E-state index in [-0.39, 0.29) is 30.7 Å². The van der Waals surface area contributed by atoms with E-state index in [4.69, 9.17) is 4.74 Å². The number of carbonyl (C=O) groups excluding carboxylic acids is 3. The van der Waals surface area contributed by atoms with Gasteiger partial charge >= 0.3 is 6.09 Å². The second kappa shape index (κ2) is 10.1. The summed E-state index contributed by atoms with van der Waals surface area (Å²) in [5.74, 6) is 0.0451. The van der Waals surface area contributed by atoms with Gasteiger partial charge in [0.1, 0.15) is 5.60 Å². The fourth-order valence-electron chi connectivity index (χ4n) is 3.10. The van der Waals surface area contributed by atoms with Crippen molar-refractivity contribution in [2.45, 2.75) is 65.0 Å². The first-order valence-electron chi connectivity index (χ1n) is 9.86. The van der Waals surface area contributed by atoms with Crippen LogP contribution in [-0.4, -0.2) is 30.1 Å². The largest absolute Gasteiger partial charge is 0.444 e. The van der Waals surface area contributed by atoms with E-state index in [1.807, 2.05) is 18.2 Å². The van der Waals surface area contributed by atoms with Crippen molar-refractivity contribution in [3.05, 3.63) is 29.8 Å². The second-order valence-corrected chi connectivity index (χ2v) is 8.13. The minimum atomic E-state index is -0.569. The molecule has 28 heavy (non-hydrogen) atoms. The highest BCUT2D eigenvalue weighted by atomic mass is 16.6. The van der Waals surface area contributed by atoms with Gasteiger partial charge in [-0.1, -0.05) is 25.0 Å². The van der Waals surface area contributed by atoms with E-state index in [9.17, 15) is 14.4 Å². The highest BCUT2D eigenvalue weighted by Gasteiger charge is 2.22. The molecule has 0 aliphatic heterocycles. The minimum absolute atomic E-state index is 0.111. The molecule has 1 aliphatic carbocycles. The molecule has 154 valence electrons. The van der Waals surface area contributed by atoms with Gasteiger partial charge in [-0.25, -0.2) is 4.79 Å². The number of amides is 3. The molecule has 0 bridgehead atoms. The molecule has 1 aromatic carbocycles. The average molecular weight is 389 g/mol. The smallest absolute Gasteiger partial charge is 0.407 e. The van der Waals surface area contributed by atoms with Crippen molar-refractivity contribution in [2.24, 2.45) is 5.92 Å². The molecule has 7 nitrogen and oxygen atoms in total. The number of rotatable bonds is 7. The van der Waals surface area contributed by atoms with Crippen molar-refractivity contribution in [1.82, 2.24) is 10.6 Å². The van der Waals surface area contributed by atoms with E-state index in [0.717, 1.165) is 31.2 Å². The predicted octanol–water partition coefficient (Wildman–Crippen LogP) is 3.35. The van der Waals surface area contributed by atoms with Crippen LogP contribution in [-0.2, 0) is 20.9 Å². The molecular formula is C21H31N3O4. The van der Waals surface area contributed by atoms with Gasteiger partial charge in [-0.3, -0.25) is 9.59 Å². The molecule has 1 fully saturated rings. The summed E-state index contributed by atoms with van der Waals surface area (Å²) in [4.78, 5) is 35.7. The Balaban J connectivity index is 1.73. The fraction of sp³-hybridized carbons (Fsp3) is 0.571. The number of alkyl carbamates (subject to hydrolysis) is 1. The summed E-state index contributed by atoms with van der Waals surface area (Å²) in [6.07, 6.45) is 3.80. The van der Waals surface area contributed by atoms with Crippen LogP contribution >= 0.6 is 0 Å². The monoisotopic (exact) mass is 389 g/mol. The maximum Gasteiger partial charge on any atom is 0.407 e. The maximum atomic E-state index is 12.1. The van der Waals surface area contributed by atoms with Gasteiger partial charge in [-0.15, -0.1) is 0 Å². The third-order valence-corrected chi connectivity index (χ3v) is 4.42. The third kappa shape index (κ3) is 7.98. The molecule has 0 aromatic heterocycles. The first-order valence-corrected chi connectivity index (χ1v) is 9.86. The SMILES string of the molecule is CC(C)(C)OC(=O)NCCC(=O)Nc1cccc(CNC(=O)C2CCCC2)c1. The Labute approximate surface area is 166 Å². The number of ether oxygens (including phenoxy) is 1. The lowest BCUT2D eigenvalue weighted by Crippen LogP contribution is -2.34. The Morgan fingerprint density at radius 1 is 1.11 bits per heavy atom. The van der Waals surface area contributed by atoms with Crippen molar-refractivity contribution >= 4 is 23.6 Å². The molecule has 7 heteroatoms. The predicted molar refractivity (Wildman–Crippen MR) is 108 cm³/mol. The number of benzene rings is 1. The Morgan fingerprint density at radius 3 is 2.50 bits per heavy atom. The standard InChI is InChI=1S/C21H31N3O4/c1-21(2,3)28-20(27)22-12-11-18(25)24-17-10-6-7-15(13-17)14-23-19(26)16-8-4-5-9-16/h6-7,10,13,16H,4-5,8-9,11-12,14H2,1-3H3,(H,22,27)(H,23,26)(H,24,25). The van der Waals surface area contributed by atoms with Crippen LogP contribution in [0.25, 0.3) is 0 Å². The maximum absolute atomic E-state index is 12.1. The Hall–Kier alpha value is -2.57. The molecule has 2 rings (SSSR count). The molecule has 0 saturated heterocycles. The lowest BCUT2D eigenvalue weighted by molar-refractivity contribution is -0.125. The van der Waals surface area contributed by atoms with Crippen molar-refractivity contribution in [1.29, 1.82) is 0 Å². The van der Waals surface area contributed by atoms with Crippen LogP contribution in [0.1, 0.15) is 58.4 Å². The van der Waals surface area contributed by atoms with Gasteiger partial charge in [-0.05, 0) is 51.3 Å². The quantitative estimate of drug-likeness (QED) is 0.666. The summed E-state index contributed by atoms with van der Waals surface area (Å²) in [6.45, 7) is 5.98.